The van der Waals surface area contributed by atoms with Crippen molar-refractivity contribution in [2.45, 2.75) is 0 Å². The fourth-order valence-corrected chi connectivity index (χ4v) is 2.46. The van der Waals surface area contributed by atoms with Gasteiger partial charge in [-0.25, -0.2) is 9.78 Å². The number of benzene rings is 1. The average Bonchev–Trinajstić information content (AvgIpc) is 2.49. The molecule has 0 aliphatic rings. The van der Waals surface area contributed by atoms with Gasteiger partial charge in [0.05, 0.1) is 6.20 Å². The number of nitrogens with zero attached hydrogens (tertiary/aromatic N) is 2. The summed E-state index contributed by atoms with van der Waals surface area (Å²) in [6.07, 6.45) is 4.38. The first-order valence-electron chi connectivity index (χ1n) is 6.05. The molecule has 0 saturated carbocycles. The predicted octanol–water partition coefficient (Wildman–Crippen LogP) is 3.88. The highest BCUT2D eigenvalue weighted by atomic mass is 79.9. The molecule has 0 fully saturated rings. The van der Waals surface area contributed by atoms with Crippen molar-refractivity contribution in [1.29, 1.82) is 0 Å². The maximum atomic E-state index is 11.2. The summed E-state index contributed by atoms with van der Waals surface area (Å²) in [6.45, 7) is 0. The number of carboxylic acid groups (broad SMARTS) is 1. The molecule has 5 nitrogen and oxygen atoms in total. The average molecular weight is 345 g/mol. The number of rotatable bonds is 3. The summed E-state index contributed by atoms with van der Waals surface area (Å²) in [7, 11) is 0. The zero-order valence-corrected chi connectivity index (χ0v) is 12.2. The molecule has 104 valence electrons. The van der Waals surface area contributed by atoms with E-state index in [2.05, 4.69) is 25.9 Å². The van der Waals surface area contributed by atoms with Crippen molar-refractivity contribution >= 4 is 32.7 Å². The van der Waals surface area contributed by atoms with E-state index in [-0.39, 0.29) is 11.3 Å². The molecule has 0 aliphatic carbocycles. The smallest absolute Gasteiger partial charge is 0.339 e. The molecule has 3 aromatic rings. The van der Waals surface area contributed by atoms with Crippen LogP contribution in [0.5, 0.6) is 11.6 Å². The van der Waals surface area contributed by atoms with Crippen molar-refractivity contribution in [3.05, 3.63) is 59.0 Å². The van der Waals surface area contributed by atoms with Crippen LogP contribution < -0.4 is 4.74 Å². The second kappa shape index (κ2) is 5.49. The summed E-state index contributed by atoms with van der Waals surface area (Å²) >= 11 is 3.46. The molecule has 0 saturated heterocycles. The molecule has 0 aliphatic heterocycles. The molecule has 1 aromatic carbocycles. The Morgan fingerprint density at radius 3 is 2.81 bits per heavy atom. The Morgan fingerprint density at radius 2 is 2.00 bits per heavy atom. The number of aromatic nitrogens is 2. The monoisotopic (exact) mass is 344 g/mol. The third kappa shape index (κ3) is 2.57. The Labute approximate surface area is 128 Å². The van der Waals surface area contributed by atoms with Gasteiger partial charge in [-0.3, -0.25) is 4.98 Å². The highest BCUT2D eigenvalue weighted by Gasteiger charge is 2.14. The maximum absolute atomic E-state index is 11.2. The Bertz CT molecular complexity index is 836. The van der Waals surface area contributed by atoms with E-state index < -0.39 is 5.97 Å². The number of hydrogen-bond donors (Lipinski definition) is 1. The molecule has 0 unspecified atom stereocenters. The number of carbonyl (C=O) groups is 1. The summed E-state index contributed by atoms with van der Waals surface area (Å²) < 4.78 is 6.58. The summed E-state index contributed by atoms with van der Waals surface area (Å²) in [5, 5.41) is 10.9. The Kier molecular flexibility index (Phi) is 3.53. The highest BCUT2D eigenvalue weighted by Crippen LogP contribution is 2.32. The molecular formula is C15H9BrN2O3. The van der Waals surface area contributed by atoms with Crippen LogP contribution in [0, 0.1) is 0 Å². The maximum Gasteiger partial charge on any atom is 0.339 e. The van der Waals surface area contributed by atoms with E-state index in [1.165, 1.54) is 18.5 Å². The standard InChI is InChI=1S/C15H9BrN2O3/c16-12-3-1-2-10-9(12)5-7-18-14(10)21-13-8-17-6-4-11(13)15(19)20/h1-8H,(H,19,20). The van der Waals surface area contributed by atoms with E-state index in [9.17, 15) is 4.79 Å². The van der Waals surface area contributed by atoms with Crippen molar-refractivity contribution in [2.24, 2.45) is 0 Å². The third-order valence-corrected chi connectivity index (χ3v) is 3.63. The van der Waals surface area contributed by atoms with Gasteiger partial charge in [0, 0.05) is 27.6 Å². The van der Waals surface area contributed by atoms with E-state index >= 15 is 0 Å². The SMILES string of the molecule is O=C(O)c1ccncc1Oc1nccc2c(Br)cccc12. The van der Waals surface area contributed by atoms with E-state index in [1.807, 2.05) is 24.3 Å². The third-order valence-electron chi connectivity index (χ3n) is 2.94. The summed E-state index contributed by atoms with van der Waals surface area (Å²) in [6, 6.07) is 8.88. The van der Waals surface area contributed by atoms with Gasteiger partial charge in [0.25, 0.3) is 0 Å². The van der Waals surface area contributed by atoms with Crippen molar-refractivity contribution < 1.29 is 14.6 Å². The first-order valence-corrected chi connectivity index (χ1v) is 6.84. The number of ether oxygens (including phenoxy) is 1. The minimum Gasteiger partial charge on any atom is -0.478 e. The van der Waals surface area contributed by atoms with Gasteiger partial charge in [-0.1, -0.05) is 22.0 Å². The van der Waals surface area contributed by atoms with Crippen LogP contribution in [-0.2, 0) is 0 Å². The quantitative estimate of drug-likeness (QED) is 0.780. The Morgan fingerprint density at radius 1 is 1.14 bits per heavy atom. The molecule has 0 bridgehead atoms. The first-order chi connectivity index (χ1) is 10.2. The molecule has 0 spiro atoms. The first kappa shape index (κ1) is 13.5. The lowest BCUT2D eigenvalue weighted by Crippen LogP contribution is -2.01. The number of pyridine rings is 2. The summed E-state index contributed by atoms with van der Waals surface area (Å²) in [4.78, 5) is 19.3. The van der Waals surface area contributed by atoms with Gasteiger partial charge in [0.15, 0.2) is 5.75 Å². The van der Waals surface area contributed by atoms with E-state index in [4.69, 9.17) is 9.84 Å². The zero-order valence-electron chi connectivity index (χ0n) is 10.7. The molecule has 21 heavy (non-hydrogen) atoms. The molecule has 6 heteroatoms. The minimum atomic E-state index is -1.08. The second-order valence-electron chi connectivity index (χ2n) is 4.23. The number of fused-ring (bicyclic) bond motifs is 1. The van der Waals surface area contributed by atoms with Gasteiger partial charge in [-0.15, -0.1) is 0 Å². The van der Waals surface area contributed by atoms with Crippen molar-refractivity contribution in [1.82, 2.24) is 9.97 Å². The van der Waals surface area contributed by atoms with E-state index in [0.29, 0.717) is 5.88 Å². The fraction of sp³-hybridized carbons (Fsp3) is 0. The van der Waals surface area contributed by atoms with Crippen molar-refractivity contribution in [3.63, 3.8) is 0 Å². The summed E-state index contributed by atoms with van der Waals surface area (Å²) in [5.74, 6) is -0.580. The van der Waals surface area contributed by atoms with E-state index in [1.54, 1.807) is 6.20 Å². The Balaban J connectivity index is 2.11. The van der Waals surface area contributed by atoms with Gasteiger partial charge in [-0.2, -0.15) is 0 Å². The number of carboxylic acids is 1. The lowest BCUT2D eigenvalue weighted by atomic mass is 10.2. The molecule has 0 radical (unpaired) electrons. The molecule has 3 rings (SSSR count). The van der Waals surface area contributed by atoms with Crippen molar-refractivity contribution in [3.8, 4) is 11.6 Å². The van der Waals surface area contributed by atoms with Crippen LogP contribution in [0.1, 0.15) is 10.4 Å². The van der Waals surface area contributed by atoms with Gasteiger partial charge in [-0.05, 0) is 24.3 Å². The van der Waals surface area contributed by atoms with Crippen LogP contribution in [0.15, 0.2) is 53.4 Å². The number of aromatic carboxylic acids is 1. The van der Waals surface area contributed by atoms with Gasteiger partial charge >= 0.3 is 5.97 Å². The van der Waals surface area contributed by atoms with Crippen molar-refractivity contribution in [2.75, 3.05) is 0 Å². The topological polar surface area (TPSA) is 72.3 Å². The zero-order chi connectivity index (χ0) is 14.8. The van der Waals surface area contributed by atoms with Crippen LogP contribution in [-0.4, -0.2) is 21.0 Å². The van der Waals surface area contributed by atoms with Gasteiger partial charge in [0.1, 0.15) is 5.56 Å². The molecule has 2 aromatic heterocycles. The second-order valence-corrected chi connectivity index (χ2v) is 5.08. The summed E-state index contributed by atoms with van der Waals surface area (Å²) in [5.41, 5.74) is 0.0406. The molecule has 0 amide bonds. The largest absolute Gasteiger partial charge is 0.478 e. The molecule has 1 N–H and O–H groups in total. The Hall–Kier alpha value is -2.47. The number of hydrogen-bond acceptors (Lipinski definition) is 4. The van der Waals surface area contributed by atoms with Gasteiger partial charge in [0.2, 0.25) is 5.88 Å². The van der Waals surface area contributed by atoms with Crippen LogP contribution in [0.4, 0.5) is 0 Å². The van der Waals surface area contributed by atoms with Crippen LogP contribution in [0.3, 0.4) is 0 Å². The normalized spacial score (nSPS) is 10.5. The number of halogens is 1. The highest BCUT2D eigenvalue weighted by molar-refractivity contribution is 9.10. The van der Waals surface area contributed by atoms with Crippen LogP contribution >= 0.6 is 15.9 Å². The van der Waals surface area contributed by atoms with Crippen LogP contribution in [0.2, 0.25) is 0 Å². The van der Waals surface area contributed by atoms with E-state index in [0.717, 1.165) is 15.2 Å². The fourth-order valence-electron chi connectivity index (χ4n) is 1.97. The van der Waals surface area contributed by atoms with Crippen LogP contribution in [0.25, 0.3) is 10.8 Å². The molecule has 2 heterocycles. The molecule has 0 atom stereocenters. The lowest BCUT2D eigenvalue weighted by molar-refractivity contribution is 0.0694. The predicted molar refractivity (Wildman–Crippen MR) is 80.7 cm³/mol. The van der Waals surface area contributed by atoms with Gasteiger partial charge < -0.3 is 9.84 Å². The lowest BCUT2D eigenvalue weighted by Gasteiger charge is -2.10. The minimum absolute atomic E-state index is 0.0406. The molecular weight excluding hydrogens is 336 g/mol.